The van der Waals surface area contributed by atoms with Crippen LogP contribution >= 0.6 is 0 Å². The van der Waals surface area contributed by atoms with E-state index >= 15 is 0 Å². The van der Waals surface area contributed by atoms with Gasteiger partial charge in [-0.2, -0.15) is 0 Å². The first-order valence-corrected chi connectivity index (χ1v) is 6.08. The van der Waals surface area contributed by atoms with Gasteiger partial charge in [0.15, 0.2) is 0 Å². The van der Waals surface area contributed by atoms with Gasteiger partial charge in [-0.1, -0.05) is 0 Å². The quantitative estimate of drug-likeness (QED) is 0.420. The van der Waals surface area contributed by atoms with Crippen molar-refractivity contribution < 1.29 is 23.7 Å². The summed E-state index contributed by atoms with van der Waals surface area (Å²) >= 11 is 0. The average molecular weight is 272 g/mol. The second kappa shape index (κ2) is 10.5. The summed E-state index contributed by atoms with van der Waals surface area (Å²) in [6.45, 7) is 2.71. The minimum atomic E-state index is -0.378. The van der Waals surface area contributed by atoms with E-state index < -0.39 is 0 Å². The Balaban J connectivity index is 1.88. The van der Waals surface area contributed by atoms with Crippen molar-refractivity contribution in [3.05, 3.63) is 18.7 Å². The topological polar surface area (TPSA) is 71.8 Å². The van der Waals surface area contributed by atoms with Crippen molar-refractivity contribution in [1.82, 2.24) is 9.55 Å². The smallest absolute Gasteiger partial charge is 0.332 e. The van der Waals surface area contributed by atoms with Crippen LogP contribution in [-0.2, 0) is 30.3 Å². The van der Waals surface area contributed by atoms with E-state index in [1.807, 2.05) is 10.8 Å². The lowest BCUT2D eigenvalue weighted by Gasteiger charge is -2.07. The molecular weight excluding hydrogens is 252 g/mol. The number of methoxy groups -OCH3 is 1. The minimum absolute atomic E-state index is 0.0580. The highest BCUT2D eigenvalue weighted by Crippen LogP contribution is 1.88. The van der Waals surface area contributed by atoms with Gasteiger partial charge < -0.3 is 23.5 Å². The number of hydrogen-bond donors (Lipinski definition) is 0. The number of rotatable bonds is 11. The van der Waals surface area contributed by atoms with Crippen LogP contribution in [0.4, 0.5) is 0 Å². The zero-order valence-corrected chi connectivity index (χ0v) is 11.1. The Labute approximate surface area is 112 Å². The van der Waals surface area contributed by atoms with Crippen LogP contribution in [0.2, 0.25) is 0 Å². The number of nitrogens with zero attached hydrogens (tertiary/aromatic N) is 2. The molecule has 108 valence electrons. The number of ether oxygens (including phenoxy) is 4. The SMILES string of the molecule is COCCOCCOCC(=O)OCCn1ccnc1. The Morgan fingerprint density at radius 2 is 1.95 bits per heavy atom. The van der Waals surface area contributed by atoms with E-state index in [0.717, 1.165) is 0 Å². The number of carbonyl (C=O) groups is 1. The summed E-state index contributed by atoms with van der Waals surface area (Å²) in [5.74, 6) is -0.378. The molecule has 0 fully saturated rings. The van der Waals surface area contributed by atoms with Crippen LogP contribution in [0.15, 0.2) is 18.7 Å². The molecule has 0 saturated carbocycles. The lowest BCUT2D eigenvalue weighted by atomic mass is 10.6. The third-order valence-corrected chi connectivity index (χ3v) is 2.20. The maximum absolute atomic E-state index is 11.3. The number of imidazole rings is 1. The Hall–Kier alpha value is -1.44. The van der Waals surface area contributed by atoms with E-state index in [-0.39, 0.29) is 12.6 Å². The lowest BCUT2D eigenvalue weighted by Crippen LogP contribution is -2.17. The van der Waals surface area contributed by atoms with Crippen molar-refractivity contribution in [2.24, 2.45) is 0 Å². The molecule has 0 aliphatic rings. The summed E-state index contributed by atoms with van der Waals surface area (Å²) in [5.41, 5.74) is 0. The van der Waals surface area contributed by atoms with Gasteiger partial charge in [-0.25, -0.2) is 9.78 Å². The van der Waals surface area contributed by atoms with Gasteiger partial charge >= 0.3 is 5.97 Å². The molecule has 1 aromatic rings. The minimum Gasteiger partial charge on any atom is -0.462 e. The molecule has 1 rings (SSSR count). The van der Waals surface area contributed by atoms with Crippen molar-refractivity contribution in [1.29, 1.82) is 0 Å². The van der Waals surface area contributed by atoms with E-state index in [4.69, 9.17) is 18.9 Å². The fraction of sp³-hybridized carbons (Fsp3) is 0.667. The van der Waals surface area contributed by atoms with E-state index in [9.17, 15) is 4.79 Å². The van der Waals surface area contributed by atoms with Gasteiger partial charge in [0.25, 0.3) is 0 Å². The summed E-state index contributed by atoms with van der Waals surface area (Å²) < 4.78 is 21.9. The predicted molar refractivity (Wildman–Crippen MR) is 66.7 cm³/mol. The molecule has 7 nitrogen and oxygen atoms in total. The second-order valence-corrected chi connectivity index (χ2v) is 3.68. The monoisotopic (exact) mass is 272 g/mol. The molecule has 0 radical (unpaired) electrons. The van der Waals surface area contributed by atoms with Crippen molar-refractivity contribution >= 4 is 5.97 Å². The highest BCUT2D eigenvalue weighted by atomic mass is 16.6. The average Bonchev–Trinajstić information content (AvgIpc) is 2.91. The van der Waals surface area contributed by atoms with Gasteiger partial charge in [0.2, 0.25) is 0 Å². The maximum atomic E-state index is 11.3. The van der Waals surface area contributed by atoms with Crippen LogP contribution in [0.25, 0.3) is 0 Å². The maximum Gasteiger partial charge on any atom is 0.332 e. The van der Waals surface area contributed by atoms with Gasteiger partial charge in [-0.15, -0.1) is 0 Å². The van der Waals surface area contributed by atoms with Gasteiger partial charge in [0.1, 0.15) is 13.2 Å². The number of esters is 1. The molecule has 0 saturated heterocycles. The van der Waals surface area contributed by atoms with E-state index in [1.165, 1.54) is 0 Å². The van der Waals surface area contributed by atoms with Crippen LogP contribution in [-0.4, -0.2) is 62.3 Å². The molecule has 0 bridgehead atoms. The lowest BCUT2D eigenvalue weighted by molar-refractivity contribution is -0.149. The van der Waals surface area contributed by atoms with Gasteiger partial charge in [-0.3, -0.25) is 0 Å². The van der Waals surface area contributed by atoms with E-state index in [2.05, 4.69) is 4.98 Å². The van der Waals surface area contributed by atoms with Gasteiger partial charge in [-0.05, 0) is 0 Å². The third kappa shape index (κ3) is 8.30. The summed E-state index contributed by atoms with van der Waals surface area (Å²) in [4.78, 5) is 15.2. The Kier molecular flexibility index (Phi) is 8.61. The molecule has 0 aliphatic heterocycles. The zero-order chi connectivity index (χ0) is 13.8. The molecule has 1 heterocycles. The van der Waals surface area contributed by atoms with Gasteiger partial charge in [0.05, 0.1) is 39.3 Å². The Morgan fingerprint density at radius 1 is 1.16 bits per heavy atom. The first-order valence-electron chi connectivity index (χ1n) is 6.08. The zero-order valence-electron chi connectivity index (χ0n) is 11.1. The summed E-state index contributed by atoms with van der Waals surface area (Å²) in [6, 6.07) is 0. The van der Waals surface area contributed by atoms with Gasteiger partial charge in [0, 0.05) is 19.5 Å². The Bertz CT molecular complexity index is 329. The first kappa shape index (κ1) is 15.6. The predicted octanol–water partition coefficient (Wildman–Crippen LogP) is 0.106. The van der Waals surface area contributed by atoms with Crippen LogP contribution < -0.4 is 0 Å². The molecule has 0 unspecified atom stereocenters. The number of carbonyl (C=O) groups excluding carboxylic acids is 1. The second-order valence-electron chi connectivity index (χ2n) is 3.68. The van der Waals surface area contributed by atoms with Crippen molar-refractivity contribution in [3.8, 4) is 0 Å². The molecule has 0 amide bonds. The highest BCUT2D eigenvalue weighted by Gasteiger charge is 2.02. The van der Waals surface area contributed by atoms with Crippen LogP contribution in [0.5, 0.6) is 0 Å². The van der Waals surface area contributed by atoms with Crippen molar-refractivity contribution in [3.63, 3.8) is 0 Å². The van der Waals surface area contributed by atoms with Crippen LogP contribution in [0.1, 0.15) is 0 Å². The van der Waals surface area contributed by atoms with Crippen LogP contribution in [0, 0.1) is 0 Å². The molecule has 0 aliphatic carbocycles. The van der Waals surface area contributed by atoms with E-state index in [1.54, 1.807) is 19.6 Å². The standard InChI is InChI=1S/C12H20N2O5/c1-16-6-7-17-8-9-18-10-12(15)19-5-4-14-3-2-13-11-14/h2-3,11H,4-10H2,1H3. The number of hydrogen-bond acceptors (Lipinski definition) is 6. The molecule has 0 aromatic carbocycles. The van der Waals surface area contributed by atoms with Crippen molar-refractivity contribution in [2.45, 2.75) is 6.54 Å². The summed E-state index contributed by atoms with van der Waals surface area (Å²) in [6.07, 6.45) is 5.15. The third-order valence-electron chi connectivity index (χ3n) is 2.20. The molecule has 0 atom stereocenters. The first-order chi connectivity index (χ1) is 9.33. The molecule has 0 N–H and O–H groups in total. The van der Waals surface area contributed by atoms with Crippen LogP contribution in [0.3, 0.4) is 0 Å². The normalized spacial score (nSPS) is 10.6. The molecule has 7 heteroatoms. The highest BCUT2D eigenvalue weighted by molar-refractivity contribution is 5.70. The molecule has 0 spiro atoms. The molecule has 19 heavy (non-hydrogen) atoms. The fourth-order valence-corrected chi connectivity index (χ4v) is 1.24. The molecular formula is C12H20N2O5. The largest absolute Gasteiger partial charge is 0.462 e. The van der Waals surface area contributed by atoms with Crippen molar-refractivity contribution in [2.75, 3.05) is 46.8 Å². The van der Waals surface area contributed by atoms with E-state index in [0.29, 0.717) is 39.6 Å². The fourth-order valence-electron chi connectivity index (χ4n) is 1.24. The summed E-state index contributed by atoms with van der Waals surface area (Å²) in [5, 5.41) is 0. The molecule has 1 aromatic heterocycles. The Morgan fingerprint density at radius 3 is 2.68 bits per heavy atom. The summed E-state index contributed by atoms with van der Waals surface area (Å²) in [7, 11) is 1.61. The number of aromatic nitrogens is 2.